The number of hydrogen-bond donors (Lipinski definition) is 1. The summed E-state index contributed by atoms with van der Waals surface area (Å²) in [5.41, 5.74) is 9.92. The number of ether oxygens (including phenoxy) is 1. The van der Waals surface area contributed by atoms with Crippen LogP contribution in [0.3, 0.4) is 0 Å². The minimum atomic E-state index is -0.348. The molecule has 2 aliphatic rings. The van der Waals surface area contributed by atoms with Crippen LogP contribution in [0.5, 0.6) is 5.88 Å². The Hall–Kier alpha value is -3.63. The Kier molecular flexibility index (Phi) is 6.90. The van der Waals surface area contributed by atoms with Gasteiger partial charge in [0.1, 0.15) is 11.6 Å². The summed E-state index contributed by atoms with van der Waals surface area (Å²) >= 11 is 1.68. The van der Waals surface area contributed by atoms with Crippen molar-refractivity contribution < 1.29 is 9.13 Å². The zero-order valence-corrected chi connectivity index (χ0v) is 22.9. The van der Waals surface area contributed by atoms with Gasteiger partial charge < -0.3 is 19.9 Å². The van der Waals surface area contributed by atoms with E-state index in [1.807, 2.05) is 30.5 Å². The molecule has 0 aliphatic carbocycles. The Morgan fingerprint density at radius 2 is 2.08 bits per heavy atom. The highest BCUT2D eigenvalue weighted by Gasteiger charge is 2.30. The topological polar surface area (TPSA) is 89.5 Å². The van der Waals surface area contributed by atoms with Crippen molar-refractivity contribution in [1.82, 2.24) is 19.4 Å². The van der Waals surface area contributed by atoms with E-state index < -0.39 is 0 Å². The van der Waals surface area contributed by atoms with E-state index in [1.54, 1.807) is 38.1 Å². The number of nitrogens with zero attached hydrogens (tertiary/aromatic N) is 5. The molecule has 2 N–H and O–H groups in total. The van der Waals surface area contributed by atoms with Crippen LogP contribution in [-0.2, 0) is 19.0 Å². The number of nitrogens with two attached hydrogens (primary N) is 1. The summed E-state index contributed by atoms with van der Waals surface area (Å²) in [7, 11) is 1.61. The van der Waals surface area contributed by atoms with Gasteiger partial charge in [-0.05, 0) is 61.2 Å². The zero-order chi connectivity index (χ0) is 27.1. The van der Waals surface area contributed by atoms with Crippen molar-refractivity contribution in [2.24, 2.45) is 0 Å². The van der Waals surface area contributed by atoms with Crippen LogP contribution in [0.15, 0.2) is 58.6 Å². The minimum Gasteiger partial charge on any atom is -0.481 e. The maximum Gasteiger partial charge on any atom is 0.213 e. The molecule has 1 atom stereocenters. The third-order valence-electron chi connectivity index (χ3n) is 7.72. The molecule has 10 heteroatoms. The van der Waals surface area contributed by atoms with Crippen molar-refractivity contribution >= 4 is 34.2 Å². The molecule has 0 saturated carbocycles. The molecule has 0 amide bonds. The largest absolute Gasteiger partial charge is 0.481 e. The van der Waals surface area contributed by atoms with Crippen molar-refractivity contribution in [2.75, 3.05) is 30.8 Å². The average Bonchev–Trinajstić information content (AvgIpc) is 2.93. The number of aryl methyl sites for hydroxylation is 1. The number of rotatable bonds is 7. The number of aromatic nitrogens is 3. The number of methoxy groups -OCH3 is 1. The lowest BCUT2D eigenvalue weighted by Crippen LogP contribution is -2.48. The Morgan fingerprint density at radius 1 is 1.21 bits per heavy atom. The number of benzene rings is 1. The van der Waals surface area contributed by atoms with E-state index in [9.17, 15) is 9.18 Å². The van der Waals surface area contributed by atoms with Gasteiger partial charge in [0.2, 0.25) is 5.88 Å². The maximum absolute atomic E-state index is 14.6. The molecule has 8 nitrogen and oxygen atoms in total. The second kappa shape index (κ2) is 10.5. The number of halogens is 1. The van der Waals surface area contributed by atoms with Crippen molar-refractivity contribution in [3.8, 4) is 5.88 Å². The number of anilines is 2. The highest BCUT2D eigenvalue weighted by Crippen LogP contribution is 2.38. The SMILES string of the molecule is COc1cc(CN(Cc2c3n(c4cc(C)c(F)cc4c2=O)CS3)[C@H]2CCCN(c3ccc(N)nc3)C2)ccn1. The summed E-state index contributed by atoms with van der Waals surface area (Å²) in [6.45, 7) is 4.56. The first-order chi connectivity index (χ1) is 18.9. The number of hydrogen-bond acceptors (Lipinski definition) is 8. The molecule has 3 aromatic heterocycles. The molecule has 6 rings (SSSR count). The molecule has 0 unspecified atom stereocenters. The molecule has 5 heterocycles. The summed E-state index contributed by atoms with van der Waals surface area (Å²) in [4.78, 5) is 27.1. The molecular weight excluding hydrogens is 515 g/mol. The van der Waals surface area contributed by atoms with Gasteiger partial charge in [-0.3, -0.25) is 9.69 Å². The lowest BCUT2D eigenvalue weighted by atomic mass is 10.0. The van der Waals surface area contributed by atoms with Crippen molar-refractivity contribution in [3.63, 3.8) is 0 Å². The number of piperidine rings is 1. The smallest absolute Gasteiger partial charge is 0.213 e. The second-order valence-electron chi connectivity index (χ2n) is 10.2. The Morgan fingerprint density at radius 3 is 2.82 bits per heavy atom. The molecule has 1 aromatic carbocycles. The third-order valence-corrected chi connectivity index (χ3v) is 8.85. The summed E-state index contributed by atoms with van der Waals surface area (Å²) in [5, 5.41) is 1.42. The predicted molar refractivity (Wildman–Crippen MR) is 153 cm³/mol. The maximum atomic E-state index is 14.6. The van der Waals surface area contributed by atoms with Gasteiger partial charge in [-0.1, -0.05) is 11.8 Å². The first-order valence-corrected chi connectivity index (χ1v) is 14.1. The first kappa shape index (κ1) is 25.6. The van der Waals surface area contributed by atoms with Crippen molar-refractivity contribution in [1.29, 1.82) is 0 Å². The van der Waals surface area contributed by atoms with Gasteiger partial charge in [-0.25, -0.2) is 14.4 Å². The normalized spacial score (nSPS) is 16.8. The van der Waals surface area contributed by atoms with E-state index in [-0.39, 0.29) is 17.3 Å². The number of nitrogen functional groups attached to an aromatic ring is 1. The molecule has 0 radical (unpaired) electrons. The summed E-state index contributed by atoms with van der Waals surface area (Å²) in [6, 6.07) is 11.1. The molecule has 39 heavy (non-hydrogen) atoms. The Labute approximate surface area is 230 Å². The highest BCUT2D eigenvalue weighted by atomic mass is 32.2. The lowest BCUT2D eigenvalue weighted by Gasteiger charge is -2.41. The molecule has 0 bridgehead atoms. The van der Waals surface area contributed by atoms with Crippen LogP contribution in [0, 0.1) is 12.7 Å². The average molecular weight is 547 g/mol. The second-order valence-corrected chi connectivity index (χ2v) is 11.2. The quantitative estimate of drug-likeness (QED) is 0.361. The van der Waals surface area contributed by atoms with Crippen molar-refractivity contribution in [2.45, 2.75) is 49.8 Å². The molecule has 202 valence electrons. The standard InChI is InChI=1S/C29H31FN6O2S/c1-18-10-25-22(12-24(18)30)28(37)23(29-36(25)17-39-29)16-35(14-19-7-8-32-27(11-19)38-2)21-4-3-9-34(15-21)20-5-6-26(31)33-13-20/h5-8,10-13,21H,3-4,9,14-17H2,1-2H3,(H2,31,33)/t21-/m0/s1. The summed E-state index contributed by atoms with van der Waals surface area (Å²) in [5.74, 6) is 1.47. The van der Waals surface area contributed by atoms with Gasteiger partial charge in [0.05, 0.1) is 35.4 Å². The van der Waals surface area contributed by atoms with Crippen LogP contribution >= 0.6 is 11.8 Å². The Balaban J connectivity index is 1.38. The fraction of sp³-hybridized carbons (Fsp3) is 0.345. The molecular formula is C29H31FN6O2S. The van der Waals surface area contributed by atoms with E-state index >= 15 is 0 Å². The molecule has 1 saturated heterocycles. The van der Waals surface area contributed by atoms with E-state index in [1.165, 1.54) is 6.07 Å². The molecule has 1 fully saturated rings. The van der Waals surface area contributed by atoms with Crippen LogP contribution in [0.25, 0.3) is 10.9 Å². The van der Waals surface area contributed by atoms with Crippen molar-refractivity contribution in [3.05, 3.63) is 81.5 Å². The minimum absolute atomic E-state index is 0.0879. The van der Waals surface area contributed by atoms with Gasteiger partial charge in [0.25, 0.3) is 0 Å². The van der Waals surface area contributed by atoms with Gasteiger partial charge in [0.15, 0.2) is 5.43 Å². The molecule has 0 spiro atoms. The first-order valence-electron chi connectivity index (χ1n) is 13.1. The fourth-order valence-electron chi connectivity index (χ4n) is 5.58. The van der Waals surface area contributed by atoms with E-state index in [0.717, 1.165) is 59.2 Å². The lowest BCUT2D eigenvalue weighted by molar-refractivity contribution is 0.156. The van der Waals surface area contributed by atoms with Gasteiger partial charge in [-0.2, -0.15) is 0 Å². The monoisotopic (exact) mass is 546 g/mol. The molecule has 2 aliphatic heterocycles. The third kappa shape index (κ3) is 4.94. The van der Waals surface area contributed by atoms with Gasteiger partial charge >= 0.3 is 0 Å². The number of pyridine rings is 3. The van der Waals surface area contributed by atoms with Gasteiger partial charge in [-0.15, -0.1) is 0 Å². The van der Waals surface area contributed by atoms with Gasteiger partial charge in [0, 0.05) is 55.4 Å². The predicted octanol–water partition coefficient (Wildman–Crippen LogP) is 4.56. The Bertz CT molecular complexity index is 1590. The molecule has 4 aromatic rings. The number of thioether (sulfide) groups is 1. The summed E-state index contributed by atoms with van der Waals surface area (Å²) < 4.78 is 22.1. The van der Waals surface area contributed by atoms with E-state index in [2.05, 4.69) is 24.3 Å². The van der Waals surface area contributed by atoms with Crippen LogP contribution in [-0.4, -0.2) is 45.7 Å². The van der Waals surface area contributed by atoms with Crippen LogP contribution in [0.2, 0.25) is 0 Å². The number of fused-ring (bicyclic) bond motifs is 3. The zero-order valence-electron chi connectivity index (χ0n) is 22.1. The fourth-order valence-corrected chi connectivity index (χ4v) is 6.53. The van der Waals surface area contributed by atoms with E-state index in [0.29, 0.717) is 35.7 Å². The van der Waals surface area contributed by atoms with Crippen LogP contribution in [0.4, 0.5) is 15.9 Å². The summed E-state index contributed by atoms with van der Waals surface area (Å²) in [6.07, 6.45) is 5.58. The van der Waals surface area contributed by atoms with Crippen LogP contribution in [0.1, 0.15) is 29.5 Å². The van der Waals surface area contributed by atoms with Crippen LogP contribution < -0.4 is 20.8 Å². The highest BCUT2D eigenvalue weighted by molar-refractivity contribution is 7.99. The van der Waals surface area contributed by atoms with E-state index in [4.69, 9.17) is 10.5 Å².